The molecule has 26 heavy (non-hydrogen) atoms. The Morgan fingerprint density at radius 2 is 1.69 bits per heavy atom. The van der Waals surface area contributed by atoms with E-state index in [1.807, 2.05) is 0 Å². The van der Waals surface area contributed by atoms with Crippen LogP contribution in [0.3, 0.4) is 0 Å². The molecule has 2 rings (SSSR count). The van der Waals surface area contributed by atoms with E-state index < -0.39 is 42.0 Å². The summed E-state index contributed by atoms with van der Waals surface area (Å²) in [4.78, 5) is 24.2. The molecule has 0 aliphatic heterocycles. The molecule has 0 radical (unpaired) electrons. The van der Waals surface area contributed by atoms with Gasteiger partial charge >= 0.3 is 12.1 Å². The fraction of sp³-hybridized carbons (Fsp3) is 0.833. The van der Waals surface area contributed by atoms with Crippen molar-refractivity contribution in [1.29, 1.82) is 5.26 Å². The quantitative estimate of drug-likeness (QED) is 0.602. The van der Waals surface area contributed by atoms with E-state index in [0.717, 1.165) is 25.7 Å². The fourth-order valence-electron chi connectivity index (χ4n) is 3.95. The second-order valence-corrected chi connectivity index (χ2v) is 7.30. The van der Waals surface area contributed by atoms with E-state index in [0.29, 0.717) is 25.7 Å². The zero-order valence-corrected chi connectivity index (χ0v) is 14.7. The van der Waals surface area contributed by atoms with Gasteiger partial charge in [0.05, 0.1) is 17.9 Å². The van der Waals surface area contributed by atoms with E-state index in [-0.39, 0.29) is 12.8 Å². The summed E-state index contributed by atoms with van der Waals surface area (Å²) in [6.45, 7) is -0.649. The van der Waals surface area contributed by atoms with Crippen LogP contribution in [-0.2, 0) is 14.3 Å². The number of rotatable bonds is 4. The Labute approximate surface area is 151 Å². The molecule has 2 aliphatic rings. The normalized spacial score (nSPS) is 26.2. The third kappa shape index (κ3) is 5.36. The monoisotopic (exact) mass is 374 g/mol. The zero-order chi connectivity index (χ0) is 19.2. The molecule has 0 unspecified atom stereocenters. The van der Waals surface area contributed by atoms with E-state index >= 15 is 0 Å². The highest BCUT2D eigenvalue weighted by Gasteiger charge is 2.48. The summed E-state index contributed by atoms with van der Waals surface area (Å²) < 4.78 is 44.1. The molecule has 5 nitrogen and oxygen atoms in total. The van der Waals surface area contributed by atoms with Crippen molar-refractivity contribution in [2.75, 3.05) is 6.61 Å². The van der Waals surface area contributed by atoms with Crippen molar-refractivity contribution in [3.05, 3.63) is 0 Å². The average Bonchev–Trinajstić information content (AvgIpc) is 2.85. The van der Waals surface area contributed by atoms with Crippen LogP contribution in [0.5, 0.6) is 0 Å². The lowest BCUT2D eigenvalue weighted by molar-refractivity contribution is -0.205. The first kappa shape index (κ1) is 20.5. The van der Waals surface area contributed by atoms with Crippen molar-refractivity contribution >= 4 is 11.9 Å². The minimum absolute atomic E-state index is 0.0903. The maximum Gasteiger partial charge on any atom is 0.392 e. The molecule has 1 N–H and O–H groups in total. The number of hydrogen-bond donors (Lipinski definition) is 1. The first-order valence-corrected chi connectivity index (χ1v) is 9.23. The van der Waals surface area contributed by atoms with E-state index in [1.54, 1.807) is 0 Å². The maximum atomic E-state index is 13.1. The molecule has 2 fully saturated rings. The molecule has 0 aromatic heterocycles. The Hall–Kier alpha value is -1.78. The Balaban J connectivity index is 1.89. The summed E-state index contributed by atoms with van der Waals surface area (Å²) in [7, 11) is 0. The number of amides is 1. The molecule has 0 saturated heterocycles. The van der Waals surface area contributed by atoms with E-state index in [4.69, 9.17) is 4.74 Å². The third-order valence-corrected chi connectivity index (χ3v) is 5.38. The van der Waals surface area contributed by atoms with Crippen LogP contribution < -0.4 is 5.32 Å². The highest BCUT2D eigenvalue weighted by atomic mass is 19.4. The molecule has 0 spiro atoms. The molecule has 0 aromatic carbocycles. The van der Waals surface area contributed by atoms with Crippen LogP contribution in [0, 0.1) is 23.2 Å². The van der Waals surface area contributed by atoms with Crippen LogP contribution >= 0.6 is 0 Å². The topological polar surface area (TPSA) is 79.2 Å². The second-order valence-electron chi connectivity index (χ2n) is 7.30. The lowest BCUT2D eigenvalue weighted by Gasteiger charge is -2.31. The second kappa shape index (κ2) is 8.74. The summed E-state index contributed by atoms with van der Waals surface area (Å²) in [5.74, 6) is -4.58. The highest BCUT2D eigenvalue weighted by molar-refractivity contribution is 5.82. The largest absolute Gasteiger partial charge is 0.455 e. The van der Waals surface area contributed by atoms with Crippen molar-refractivity contribution in [2.45, 2.75) is 75.9 Å². The summed E-state index contributed by atoms with van der Waals surface area (Å²) in [6, 6.07) is 2.15. The molecule has 2 atom stereocenters. The first-order chi connectivity index (χ1) is 12.3. The van der Waals surface area contributed by atoms with Crippen molar-refractivity contribution in [3.63, 3.8) is 0 Å². The van der Waals surface area contributed by atoms with Gasteiger partial charge in [-0.25, -0.2) is 0 Å². The maximum absolute atomic E-state index is 13.1. The van der Waals surface area contributed by atoms with Gasteiger partial charge in [0.15, 0.2) is 6.61 Å². The zero-order valence-electron chi connectivity index (χ0n) is 14.7. The Bertz CT molecular complexity index is 549. The first-order valence-electron chi connectivity index (χ1n) is 9.23. The van der Waals surface area contributed by atoms with Gasteiger partial charge in [-0.05, 0) is 25.7 Å². The number of halogens is 3. The molecule has 2 saturated carbocycles. The number of carbonyl (C=O) groups excluding carboxylic acids is 2. The van der Waals surface area contributed by atoms with Crippen molar-refractivity contribution < 1.29 is 27.5 Å². The van der Waals surface area contributed by atoms with Gasteiger partial charge in [0.1, 0.15) is 5.54 Å². The number of ether oxygens (including phenoxy) is 1. The molecule has 0 aromatic rings. The van der Waals surface area contributed by atoms with Crippen LogP contribution in [-0.4, -0.2) is 30.2 Å². The van der Waals surface area contributed by atoms with Crippen molar-refractivity contribution in [1.82, 2.24) is 5.32 Å². The predicted octanol–water partition coefficient (Wildman–Crippen LogP) is 3.63. The van der Waals surface area contributed by atoms with Crippen LogP contribution in [0.4, 0.5) is 13.2 Å². The fourth-order valence-corrected chi connectivity index (χ4v) is 3.95. The lowest BCUT2D eigenvalue weighted by atomic mass is 9.79. The third-order valence-electron chi connectivity index (χ3n) is 5.38. The van der Waals surface area contributed by atoms with E-state index in [9.17, 15) is 28.0 Å². The number of alkyl halides is 3. The molecule has 8 heteroatoms. The molecule has 0 bridgehead atoms. The smallest absolute Gasteiger partial charge is 0.392 e. The molecular formula is C18H25F3N2O3. The van der Waals surface area contributed by atoms with Gasteiger partial charge < -0.3 is 10.1 Å². The number of nitrogens with one attached hydrogen (secondary N) is 1. The minimum atomic E-state index is -4.45. The van der Waals surface area contributed by atoms with Crippen molar-refractivity contribution in [3.8, 4) is 6.07 Å². The molecule has 2 aliphatic carbocycles. The van der Waals surface area contributed by atoms with Gasteiger partial charge in [0, 0.05) is 0 Å². The van der Waals surface area contributed by atoms with Gasteiger partial charge in [-0.2, -0.15) is 18.4 Å². The lowest BCUT2D eigenvalue weighted by Crippen LogP contribution is -2.49. The van der Waals surface area contributed by atoms with Gasteiger partial charge in [0.25, 0.3) is 5.91 Å². The Morgan fingerprint density at radius 3 is 2.27 bits per heavy atom. The van der Waals surface area contributed by atoms with Crippen LogP contribution in [0.15, 0.2) is 0 Å². The van der Waals surface area contributed by atoms with Gasteiger partial charge in [0.2, 0.25) is 0 Å². The molecule has 146 valence electrons. The van der Waals surface area contributed by atoms with Crippen LogP contribution in [0.25, 0.3) is 0 Å². The number of nitrogens with zero attached hydrogens (tertiary/aromatic N) is 1. The summed E-state index contributed by atoms with van der Waals surface area (Å²) in [5.41, 5.74) is -0.973. The number of hydrogen-bond acceptors (Lipinski definition) is 4. The van der Waals surface area contributed by atoms with E-state index in [2.05, 4.69) is 11.4 Å². The van der Waals surface area contributed by atoms with Crippen LogP contribution in [0.1, 0.15) is 64.2 Å². The molecular weight excluding hydrogens is 349 g/mol. The number of nitriles is 1. The predicted molar refractivity (Wildman–Crippen MR) is 86.7 cm³/mol. The Kier molecular flexibility index (Phi) is 6.90. The van der Waals surface area contributed by atoms with Gasteiger partial charge in [-0.1, -0.05) is 38.5 Å². The van der Waals surface area contributed by atoms with Crippen molar-refractivity contribution in [2.24, 2.45) is 11.8 Å². The Morgan fingerprint density at radius 1 is 1.08 bits per heavy atom. The van der Waals surface area contributed by atoms with Gasteiger partial charge in [-0.15, -0.1) is 0 Å². The highest BCUT2D eigenvalue weighted by Crippen LogP contribution is 2.41. The summed E-state index contributed by atoms with van der Waals surface area (Å²) >= 11 is 0. The molecule has 0 heterocycles. The van der Waals surface area contributed by atoms with Crippen LogP contribution in [0.2, 0.25) is 0 Å². The van der Waals surface area contributed by atoms with E-state index in [1.165, 1.54) is 0 Å². The number of carbonyl (C=O) groups is 2. The van der Waals surface area contributed by atoms with Gasteiger partial charge in [-0.3, -0.25) is 9.59 Å². The summed E-state index contributed by atoms with van der Waals surface area (Å²) in [5, 5.41) is 12.0. The average molecular weight is 374 g/mol. The summed E-state index contributed by atoms with van der Waals surface area (Å²) in [6.07, 6.45) is 1.24. The minimum Gasteiger partial charge on any atom is -0.455 e. The SMILES string of the molecule is N#CC1(NC(=O)COC(=O)[C@@H]2CCCC[C@@H]2C(F)(F)F)CCCCCC1. The molecule has 1 amide bonds. The standard InChI is InChI=1S/C18H25F3N2O3/c19-18(20,21)14-8-4-3-7-13(14)16(25)26-11-15(24)23-17(12-22)9-5-1-2-6-10-17/h13-14H,1-11H2,(H,23,24)/t13-,14+/m1/s1. The number of esters is 1.